The summed E-state index contributed by atoms with van der Waals surface area (Å²) in [5, 5.41) is 7.18. The molecule has 14 heavy (non-hydrogen) atoms. The number of hydrogen-bond acceptors (Lipinski definition) is 2. The van der Waals surface area contributed by atoms with Crippen LogP contribution in [0.5, 0.6) is 0 Å². The maximum Gasteiger partial charge on any atom is 0.0828 e. The maximum absolute atomic E-state index is 3.60. The minimum absolute atomic E-state index is 0.572. The van der Waals surface area contributed by atoms with Crippen molar-refractivity contribution in [3.8, 4) is 0 Å². The molecular weight excluding hydrogens is 287 g/mol. The number of nitrogens with one attached hydrogen (secondary N) is 2. The molecule has 0 aliphatic carbocycles. The van der Waals surface area contributed by atoms with Crippen LogP contribution in [0, 0.1) is 5.92 Å². The van der Waals surface area contributed by atoms with Crippen molar-refractivity contribution in [3.05, 3.63) is 29.8 Å². The average Bonchev–Trinajstić information content (AvgIpc) is 2.67. The Labute approximate surface area is 97.6 Å². The summed E-state index contributed by atoms with van der Waals surface area (Å²) in [6.07, 6.45) is 1.29. The van der Waals surface area contributed by atoms with Crippen molar-refractivity contribution in [2.24, 2.45) is 5.92 Å². The average molecular weight is 300 g/mol. The Morgan fingerprint density at radius 1 is 1.29 bits per heavy atom. The summed E-state index contributed by atoms with van der Waals surface area (Å²) in [5.41, 5.74) is 2.76. The number of hydrogen-bond donors (Lipinski definition) is 2. The summed E-state index contributed by atoms with van der Waals surface area (Å²) in [4.78, 5) is 0. The fourth-order valence-corrected chi connectivity index (χ4v) is 3.64. The van der Waals surface area contributed by atoms with Gasteiger partial charge in [-0.1, -0.05) is 40.8 Å². The smallest absolute Gasteiger partial charge is 0.0828 e. The molecule has 2 heterocycles. The Bertz CT molecular complexity index is 353. The highest BCUT2D eigenvalue weighted by Gasteiger charge is 2.37. The lowest BCUT2D eigenvalue weighted by molar-refractivity contribution is 0.460. The number of rotatable bonds is 0. The molecular formula is C11H13IN2. The van der Waals surface area contributed by atoms with E-state index in [1.54, 1.807) is 0 Å². The minimum Gasteiger partial charge on any atom is -0.373 e. The molecule has 0 radical (unpaired) electrons. The predicted octanol–water partition coefficient (Wildman–Crippen LogP) is 2.52. The van der Waals surface area contributed by atoms with Gasteiger partial charge in [-0.25, -0.2) is 0 Å². The molecule has 2 nitrogen and oxygen atoms in total. The molecule has 2 N–H and O–H groups in total. The van der Waals surface area contributed by atoms with E-state index in [9.17, 15) is 0 Å². The van der Waals surface area contributed by atoms with Crippen LogP contribution in [0.25, 0.3) is 0 Å². The standard InChI is InChI=1S/C11H13IN2/c12-11-8-5-6-13-10(8)7-3-1-2-4-9(7)14-11/h1-4,8,10-11,13-14H,5-6H2/t8-,10-,11+/m0/s1. The largest absolute Gasteiger partial charge is 0.373 e. The molecule has 74 valence electrons. The lowest BCUT2D eigenvalue weighted by Gasteiger charge is -2.33. The van der Waals surface area contributed by atoms with Crippen LogP contribution < -0.4 is 10.6 Å². The van der Waals surface area contributed by atoms with Gasteiger partial charge in [-0.15, -0.1) is 0 Å². The van der Waals surface area contributed by atoms with E-state index in [2.05, 4.69) is 57.5 Å². The summed E-state index contributed by atoms with van der Waals surface area (Å²) < 4.78 is 0.572. The first-order valence-electron chi connectivity index (χ1n) is 5.09. The van der Waals surface area contributed by atoms with Crippen LogP contribution in [-0.2, 0) is 0 Å². The van der Waals surface area contributed by atoms with E-state index < -0.39 is 0 Å². The zero-order valence-corrected chi connectivity index (χ0v) is 9.99. The molecule has 3 atom stereocenters. The fraction of sp³-hybridized carbons (Fsp3) is 0.455. The van der Waals surface area contributed by atoms with Crippen molar-refractivity contribution in [2.75, 3.05) is 11.9 Å². The predicted molar refractivity (Wildman–Crippen MR) is 66.7 cm³/mol. The highest BCUT2D eigenvalue weighted by Crippen LogP contribution is 2.42. The van der Waals surface area contributed by atoms with Crippen molar-refractivity contribution in [2.45, 2.75) is 16.5 Å². The van der Waals surface area contributed by atoms with Crippen molar-refractivity contribution in [3.63, 3.8) is 0 Å². The normalized spacial score (nSPS) is 34.5. The van der Waals surface area contributed by atoms with Crippen LogP contribution in [0.1, 0.15) is 18.0 Å². The molecule has 2 aliphatic heterocycles. The Kier molecular flexibility index (Phi) is 2.17. The SMILES string of the molecule is I[C@@H]1Nc2ccccc2[C@@H]2NCC[C@H]12. The number of halogens is 1. The number of alkyl halides is 1. The van der Waals surface area contributed by atoms with Crippen LogP contribution in [-0.4, -0.2) is 10.6 Å². The Morgan fingerprint density at radius 3 is 3.07 bits per heavy atom. The molecule has 1 aromatic rings. The Hall–Kier alpha value is -0.290. The van der Waals surface area contributed by atoms with Gasteiger partial charge < -0.3 is 10.6 Å². The second-order valence-corrected chi connectivity index (χ2v) is 5.36. The van der Waals surface area contributed by atoms with Gasteiger partial charge in [0.25, 0.3) is 0 Å². The second kappa shape index (κ2) is 3.38. The number of benzene rings is 1. The minimum atomic E-state index is 0.572. The molecule has 0 unspecified atom stereocenters. The summed E-state index contributed by atoms with van der Waals surface area (Å²) in [7, 11) is 0. The van der Waals surface area contributed by atoms with Crippen LogP contribution in [0.3, 0.4) is 0 Å². The monoisotopic (exact) mass is 300 g/mol. The van der Waals surface area contributed by atoms with E-state index in [4.69, 9.17) is 0 Å². The third-order valence-corrected chi connectivity index (χ3v) is 4.47. The fourth-order valence-electron chi connectivity index (χ4n) is 2.53. The van der Waals surface area contributed by atoms with Crippen molar-refractivity contribution in [1.29, 1.82) is 0 Å². The van der Waals surface area contributed by atoms with Gasteiger partial charge >= 0.3 is 0 Å². The molecule has 1 aromatic carbocycles. The molecule has 0 amide bonds. The third kappa shape index (κ3) is 1.26. The van der Waals surface area contributed by atoms with E-state index in [0.717, 1.165) is 12.5 Å². The lowest BCUT2D eigenvalue weighted by atomic mass is 9.89. The van der Waals surface area contributed by atoms with Gasteiger partial charge in [0.1, 0.15) is 0 Å². The van der Waals surface area contributed by atoms with Gasteiger partial charge in [-0.3, -0.25) is 0 Å². The summed E-state index contributed by atoms with van der Waals surface area (Å²) in [6.45, 7) is 1.16. The summed E-state index contributed by atoms with van der Waals surface area (Å²) in [5.74, 6) is 0.755. The van der Waals surface area contributed by atoms with Gasteiger partial charge in [-0.05, 0) is 24.6 Å². The van der Waals surface area contributed by atoms with Gasteiger partial charge in [-0.2, -0.15) is 0 Å². The van der Waals surface area contributed by atoms with E-state index in [-0.39, 0.29) is 0 Å². The molecule has 1 fully saturated rings. The maximum atomic E-state index is 3.60. The molecule has 1 saturated heterocycles. The molecule has 0 bridgehead atoms. The summed E-state index contributed by atoms with van der Waals surface area (Å²) >= 11 is 2.52. The quantitative estimate of drug-likeness (QED) is 0.437. The number of anilines is 1. The molecule has 0 saturated carbocycles. The van der Waals surface area contributed by atoms with Crippen LogP contribution in [0.4, 0.5) is 5.69 Å². The van der Waals surface area contributed by atoms with Gasteiger partial charge in [0, 0.05) is 17.6 Å². The van der Waals surface area contributed by atoms with E-state index >= 15 is 0 Å². The molecule has 0 spiro atoms. The van der Waals surface area contributed by atoms with Gasteiger partial charge in [0.05, 0.1) is 4.05 Å². The molecule has 2 aliphatic rings. The van der Waals surface area contributed by atoms with Crippen molar-refractivity contribution in [1.82, 2.24) is 5.32 Å². The highest BCUT2D eigenvalue weighted by atomic mass is 127. The topological polar surface area (TPSA) is 24.1 Å². The highest BCUT2D eigenvalue weighted by molar-refractivity contribution is 14.1. The first-order valence-corrected chi connectivity index (χ1v) is 6.34. The van der Waals surface area contributed by atoms with Gasteiger partial charge in [0.15, 0.2) is 0 Å². The Balaban J connectivity index is 2.07. The van der Waals surface area contributed by atoms with Crippen molar-refractivity contribution >= 4 is 28.3 Å². The zero-order valence-electron chi connectivity index (χ0n) is 7.83. The zero-order chi connectivity index (χ0) is 9.54. The second-order valence-electron chi connectivity index (χ2n) is 4.02. The van der Waals surface area contributed by atoms with Gasteiger partial charge in [0.2, 0.25) is 0 Å². The molecule has 3 heteroatoms. The Morgan fingerprint density at radius 2 is 2.14 bits per heavy atom. The molecule has 0 aromatic heterocycles. The van der Waals surface area contributed by atoms with Crippen LogP contribution in [0.2, 0.25) is 0 Å². The summed E-state index contributed by atoms with van der Waals surface area (Å²) in [6, 6.07) is 9.22. The van der Waals surface area contributed by atoms with Crippen LogP contribution >= 0.6 is 22.6 Å². The number of fused-ring (bicyclic) bond motifs is 3. The van der Waals surface area contributed by atoms with Crippen LogP contribution in [0.15, 0.2) is 24.3 Å². The lowest BCUT2D eigenvalue weighted by Crippen LogP contribution is -2.33. The van der Waals surface area contributed by atoms with E-state index in [1.807, 2.05) is 0 Å². The van der Waals surface area contributed by atoms with E-state index in [1.165, 1.54) is 17.7 Å². The third-order valence-electron chi connectivity index (χ3n) is 3.24. The number of para-hydroxylation sites is 1. The van der Waals surface area contributed by atoms with Crippen molar-refractivity contribution < 1.29 is 0 Å². The van der Waals surface area contributed by atoms with E-state index in [0.29, 0.717) is 10.1 Å². The first-order chi connectivity index (χ1) is 6.86. The molecule has 3 rings (SSSR count). The first kappa shape index (κ1) is 8.97.